The van der Waals surface area contributed by atoms with Gasteiger partial charge in [-0.2, -0.15) is 5.10 Å². The van der Waals surface area contributed by atoms with Gasteiger partial charge < -0.3 is 14.4 Å². The van der Waals surface area contributed by atoms with Gasteiger partial charge in [-0.3, -0.25) is 18.0 Å². The molecule has 32 heavy (non-hydrogen) atoms. The third-order valence-corrected chi connectivity index (χ3v) is 6.61. The Labute approximate surface area is 199 Å². The Kier molecular flexibility index (Phi) is 6.79. The molecule has 0 aliphatic heterocycles. The number of hydrogen-bond donors (Lipinski definition) is 1. The zero-order valence-corrected chi connectivity index (χ0v) is 19.6. The second-order valence-electron chi connectivity index (χ2n) is 7.09. The maximum absolute atomic E-state index is 12.2. The van der Waals surface area contributed by atoms with Crippen LogP contribution in [0, 0.1) is 0 Å². The molecule has 0 saturated carbocycles. The minimum Gasteiger partial charge on any atom is -0.755 e. The first-order valence-corrected chi connectivity index (χ1v) is 11.8. The van der Waals surface area contributed by atoms with Crippen LogP contribution in [-0.4, -0.2) is 34.6 Å². The van der Waals surface area contributed by atoms with Gasteiger partial charge in [-0.05, 0) is 59.5 Å². The zero-order chi connectivity index (χ0) is 22.8. The van der Waals surface area contributed by atoms with Gasteiger partial charge in [-0.15, -0.1) is 0 Å². The molecule has 0 saturated heterocycles. The molecule has 1 aliphatic carbocycles. The van der Waals surface area contributed by atoms with Crippen LogP contribution in [0.2, 0.25) is 5.02 Å². The highest BCUT2D eigenvalue weighted by atomic mass is 79.9. The summed E-state index contributed by atoms with van der Waals surface area (Å²) in [7, 11) is 0. The summed E-state index contributed by atoms with van der Waals surface area (Å²) in [6.45, 7) is -0.273. The molecule has 2 heterocycles. The Morgan fingerprint density at radius 3 is 2.91 bits per heavy atom. The van der Waals surface area contributed by atoms with Crippen molar-refractivity contribution in [2.24, 2.45) is 0 Å². The van der Waals surface area contributed by atoms with Crippen molar-refractivity contribution in [2.45, 2.75) is 31.8 Å². The van der Waals surface area contributed by atoms with Crippen molar-refractivity contribution in [3.05, 3.63) is 63.5 Å². The van der Waals surface area contributed by atoms with E-state index in [1.165, 1.54) is 15.2 Å². The first-order chi connectivity index (χ1) is 15.3. The largest absolute Gasteiger partial charge is 0.755 e. The number of rotatable bonds is 7. The molecule has 1 N–H and O–H groups in total. The fourth-order valence-corrected chi connectivity index (χ4v) is 5.02. The second kappa shape index (κ2) is 9.57. The van der Waals surface area contributed by atoms with Crippen molar-refractivity contribution in [1.29, 1.82) is 0 Å². The predicted molar refractivity (Wildman–Crippen MR) is 120 cm³/mol. The molecule has 2 aromatic heterocycles. The molecule has 1 aromatic carbocycles. The van der Waals surface area contributed by atoms with Crippen molar-refractivity contribution in [3.63, 3.8) is 0 Å². The number of carboxylic acids is 1. The molecule has 9 nitrogen and oxygen atoms in total. The Balaban J connectivity index is 1.64. The van der Waals surface area contributed by atoms with E-state index in [0.717, 1.165) is 5.69 Å². The SMILES string of the molecule is O=C(O)Cn1ncc2c1CCCC2N(c1cnc(Oc2cccc(Cl)c2)c(Br)c1)S(=O)[O-]. The predicted octanol–water partition coefficient (Wildman–Crippen LogP) is 4.25. The molecule has 2 unspecified atom stereocenters. The fourth-order valence-electron chi connectivity index (χ4n) is 3.73. The third-order valence-electron chi connectivity index (χ3n) is 5.02. The smallest absolute Gasteiger partial charge is 0.325 e. The monoisotopic (exact) mass is 539 g/mol. The van der Waals surface area contributed by atoms with Crippen LogP contribution in [0.3, 0.4) is 0 Å². The summed E-state index contributed by atoms with van der Waals surface area (Å²) in [6.07, 6.45) is 4.85. The van der Waals surface area contributed by atoms with E-state index < -0.39 is 23.3 Å². The standard InChI is InChI=1S/C20H18BrClN4O5S/c21-16-8-13(9-23-20(16)31-14-4-1-3-12(22)7-14)26(32(29)30)18-6-2-5-17-15(18)10-24-25(17)11-19(27)28/h1,3-4,7-10,18H,2,5-6,11H2,(H,27,28)(H,29,30)/p-1. The molecule has 0 radical (unpaired) electrons. The van der Waals surface area contributed by atoms with E-state index in [1.807, 2.05) is 0 Å². The van der Waals surface area contributed by atoms with Crippen molar-refractivity contribution in [3.8, 4) is 11.6 Å². The molecule has 3 aromatic rings. The normalized spacial score (nSPS) is 16.3. The van der Waals surface area contributed by atoms with Crippen LogP contribution in [0.1, 0.15) is 30.1 Å². The Morgan fingerprint density at radius 2 is 2.22 bits per heavy atom. The Hall–Kier alpha value is -2.47. The van der Waals surface area contributed by atoms with Gasteiger partial charge >= 0.3 is 5.97 Å². The number of pyridine rings is 1. The molecule has 1 aliphatic rings. The van der Waals surface area contributed by atoms with Crippen molar-refractivity contribution in [1.82, 2.24) is 14.8 Å². The number of anilines is 1. The van der Waals surface area contributed by atoms with Gasteiger partial charge in [0.2, 0.25) is 5.88 Å². The van der Waals surface area contributed by atoms with Gasteiger partial charge in [0.1, 0.15) is 12.3 Å². The van der Waals surface area contributed by atoms with Gasteiger partial charge in [0.25, 0.3) is 0 Å². The average molecular weight is 541 g/mol. The lowest BCUT2D eigenvalue weighted by Crippen LogP contribution is -2.33. The lowest BCUT2D eigenvalue weighted by Gasteiger charge is -2.36. The van der Waals surface area contributed by atoms with Crippen molar-refractivity contribution < 1.29 is 23.4 Å². The van der Waals surface area contributed by atoms with E-state index in [2.05, 4.69) is 26.0 Å². The van der Waals surface area contributed by atoms with E-state index >= 15 is 0 Å². The maximum atomic E-state index is 12.2. The molecule has 0 bridgehead atoms. The number of nitrogens with zero attached hydrogens (tertiary/aromatic N) is 4. The molecular formula is C20H17BrClN4O5S-. The number of carboxylic acid groups (broad SMARTS) is 1. The first kappa shape index (κ1) is 22.7. The average Bonchev–Trinajstić information content (AvgIpc) is 3.13. The number of halogens is 2. The van der Waals surface area contributed by atoms with E-state index in [0.29, 0.717) is 45.8 Å². The number of aliphatic carboxylic acids is 1. The first-order valence-electron chi connectivity index (χ1n) is 9.57. The molecule has 0 spiro atoms. The molecule has 0 fully saturated rings. The second-order valence-corrected chi connectivity index (χ2v) is 9.21. The summed E-state index contributed by atoms with van der Waals surface area (Å²) in [6, 6.07) is 7.92. The maximum Gasteiger partial charge on any atom is 0.325 e. The Bertz CT molecular complexity index is 1190. The summed E-state index contributed by atoms with van der Waals surface area (Å²) in [4.78, 5) is 15.4. The number of benzene rings is 1. The van der Waals surface area contributed by atoms with Crippen molar-refractivity contribution in [2.75, 3.05) is 4.31 Å². The van der Waals surface area contributed by atoms with Crippen LogP contribution in [0.5, 0.6) is 11.6 Å². The molecule has 2 atom stereocenters. The van der Waals surface area contributed by atoms with E-state index in [1.54, 1.807) is 36.5 Å². The number of ether oxygens (including phenoxy) is 1. The highest BCUT2D eigenvalue weighted by Crippen LogP contribution is 2.39. The lowest BCUT2D eigenvalue weighted by atomic mass is 9.92. The van der Waals surface area contributed by atoms with Crippen LogP contribution in [0.4, 0.5) is 5.69 Å². The van der Waals surface area contributed by atoms with Gasteiger partial charge in [0.15, 0.2) is 0 Å². The highest BCUT2D eigenvalue weighted by Gasteiger charge is 2.31. The summed E-state index contributed by atoms with van der Waals surface area (Å²) < 4.78 is 33.3. The molecule has 12 heteroatoms. The third kappa shape index (κ3) is 4.80. The molecule has 168 valence electrons. The minimum atomic E-state index is -2.61. The quantitative estimate of drug-likeness (QED) is 0.445. The van der Waals surface area contributed by atoms with Crippen LogP contribution < -0.4 is 9.04 Å². The van der Waals surface area contributed by atoms with E-state index in [-0.39, 0.29) is 12.4 Å². The van der Waals surface area contributed by atoms with Crippen LogP contribution in [0.15, 0.2) is 47.2 Å². The number of hydrogen-bond acceptors (Lipinski definition) is 6. The number of fused-ring (bicyclic) bond motifs is 1. The van der Waals surface area contributed by atoms with Gasteiger partial charge in [0, 0.05) is 27.5 Å². The summed E-state index contributed by atoms with van der Waals surface area (Å²) >= 11 is 6.77. The van der Waals surface area contributed by atoms with Gasteiger partial charge in [-0.1, -0.05) is 17.7 Å². The van der Waals surface area contributed by atoms with E-state index in [9.17, 15) is 13.6 Å². The Morgan fingerprint density at radius 1 is 1.41 bits per heavy atom. The minimum absolute atomic E-state index is 0.256. The van der Waals surface area contributed by atoms with Crippen molar-refractivity contribution >= 4 is 50.5 Å². The van der Waals surface area contributed by atoms with Crippen LogP contribution in [-0.2, 0) is 29.0 Å². The molecule has 4 rings (SSSR count). The molecule has 0 amide bonds. The highest BCUT2D eigenvalue weighted by molar-refractivity contribution is 9.10. The summed E-state index contributed by atoms with van der Waals surface area (Å²) in [5.41, 5.74) is 1.76. The van der Waals surface area contributed by atoms with Crippen LogP contribution in [0.25, 0.3) is 0 Å². The number of aromatic nitrogens is 3. The van der Waals surface area contributed by atoms with Crippen LogP contribution >= 0.6 is 27.5 Å². The fraction of sp³-hybridized carbons (Fsp3) is 0.250. The molecular weight excluding hydrogens is 524 g/mol. The topological polar surface area (TPSA) is 121 Å². The lowest BCUT2D eigenvalue weighted by molar-refractivity contribution is -0.137. The van der Waals surface area contributed by atoms with Gasteiger partial charge in [0.05, 0.1) is 28.6 Å². The van der Waals surface area contributed by atoms with E-state index in [4.69, 9.17) is 21.4 Å². The zero-order valence-electron chi connectivity index (χ0n) is 16.5. The summed E-state index contributed by atoms with van der Waals surface area (Å²) in [5, 5.41) is 13.8. The number of carbonyl (C=O) groups is 1. The summed E-state index contributed by atoms with van der Waals surface area (Å²) in [5.74, 6) is -0.262. The van der Waals surface area contributed by atoms with Gasteiger partial charge in [-0.25, -0.2) is 4.98 Å².